The molecule has 0 aliphatic carbocycles. The van der Waals surface area contributed by atoms with E-state index in [-0.39, 0.29) is 11.7 Å². The average molecular weight is 439 g/mol. The van der Waals surface area contributed by atoms with Crippen molar-refractivity contribution < 1.29 is 9.18 Å². The van der Waals surface area contributed by atoms with Crippen LogP contribution in [0, 0.1) is 5.82 Å². The molecule has 1 fully saturated rings. The number of rotatable bonds is 5. The molecule has 4 rings (SSSR count). The van der Waals surface area contributed by atoms with Gasteiger partial charge in [0.15, 0.2) is 0 Å². The van der Waals surface area contributed by atoms with Crippen LogP contribution in [-0.4, -0.2) is 49.0 Å². The molecule has 0 atom stereocenters. The third-order valence-electron chi connectivity index (χ3n) is 5.43. The Morgan fingerprint density at radius 3 is 2.45 bits per heavy atom. The lowest BCUT2D eigenvalue weighted by atomic mass is 10.1. The Morgan fingerprint density at radius 1 is 1.06 bits per heavy atom. The van der Waals surface area contributed by atoms with Gasteiger partial charge in [0.2, 0.25) is 0 Å². The zero-order valence-corrected chi connectivity index (χ0v) is 18.1. The monoisotopic (exact) mass is 438 g/mol. The minimum absolute atomic E-state index is 0.211. The van der Waals surface area contributed by atoms with Crippen LogP contribution in [0.1, 0.15) is 15.9 Å². The van der Waals surface area contributed by atoms with E-state index in [9.17, 15) is 9.18 Å². The van der Waals surface area contributed by atoms with Gasteiger partial charge in [0.05, 0.1) is 6.54 Å². The molecule has 2 aromatic carbocycles. The maximum absolute atomic E-state index is 13.5. The normalized spacial score (nSPS) is 14.5. The van der Waals surface area contributed by atoms with Crippen molar-refractivity contribution in [2.75, 3.05) is 43.0 Å². The molecule has 0 bridgehead atoms. The Labute approximate surface area is 186 Å². The average Bonchev–Trinajstić information content (AvgIpc) is 2.79. The van der Waals surface area contributed by atoms with Crippen LogP contribution >= 0.6 is 11.6 Å². The van der Waals surface area contributed by atoms with E-state index in [2.05, 4.69) is 21.8 Å². The van der Waals surface area contributed by atoms with Crippen LogP contribution in [0.15, 0.2) is 66.9 Å². The molecule has 0 saturated carbocycles. The fraction of sp³-hybridized carbons (Fsp3) is 0.250. The van der Waals surface area contributed by atoms with Crippen LogP contribution in [0.3, 0.4) is 0 Å². The van der Waals surface area contributed by atoms with E-state index >= 15 is 0 Å². The highest BCUT2D eigenvalue weighted by Gasteiger charge is 2.20. The van der Waals surface area contributed by atoms with Crippen LogP contribution in [0.25, 0.3) is 0 Å². The second kappa shape index (κ2) is 9.45. The first-order chi connectivity index (χ1) is 15.0. The maximum Gasteiger partial charge on any atom is 0.258 e. The topological polar surface area (TPSA) is 39.7 Å². The van der Waals surface area contributed by atoms with Gasteiger partial charge in [-0.2, -0.15) is 0 Å². The van der Waals surface area contributed by atoms with Gasteiger partial charge in [0.1, 0.15) is 11.6 Å². The lowest BCUT2D eigenvalue weighted by molar-refractivity contribution is 0.0985. The smallest absolute Gasteiger partial charge is 0.258 e. The number of halogens is 2. The molecule has 0 spiro atoms. The fourth-order valence-electron chi connectivity index (χ4n) is 3.59. The molecule has 0 N–H and O–H groups in total. The predicted molar refractivity (Wildman–Crippen MR) is 122 cm³/mol. The van der Waals surface area contributed by atoms with Crippen molar-refractivity contribution in [2.24, 2.45) is 0 Å². The van der Waals surface area contributed by atoms with Gasteiger partial charge >= 0.3 is 0 Å². The minimum Gasteiger partial charge on any atom is -0.354 e. The first-order valence-corrected chi connectivity index (χ1v) is 10.6. The summed E-state index contributed by atoms with van der Waals surface area (Å²) < 4.78 is 13.5. The van der Waals surface area contributed by atoms with E-state index in [0.29, 0.717) is 22.8 Å². The van der Waals surface area contributed by atoms with E-state index in [1.807, 2.05) is 12.1 Å². The van der Waals surface area contributed by atoms with Gasteiger partial charge in [-0.25, -0.2) is 9.37 Å². The molecule has 1 aromatic heterocycles. The number of likely N-dealkylation sites (N-methyl/N-ethyl adjacent to an activating group) is 1. The third-order valence-corrected chi connectivity index (χ3v) is 5.67. The van der Waals surface area contributed by atoms with Crippen molar-refractivity contribution >= 4 is 29.0 Å². The summed E-state index contributed by atoms with van der Waals surface area (Å²) in [5.41, 5.74) is 1.96. The molecule has 1 aliphatic heterocycles. The third kappa shape index (κ3) is 5.21. The van der Waals surface area contributed by atoms with E-state index < -0.39 is 0 Å². The van der Waals surface area contributed by atoms with E-state index in [1.165, 1.54) is 12.1 Å². The lowest BCUT2D eigenvalue weighted by Gasteiger charge is -2.33. The molecule has 160 valence electrons. The Balaban J connectivity index is 1.57. The zero-order chi connectivity index (χ0) is 21.8. The second-order valence-electron chi connectivity index (χ2n) is 7.69. The maximum atomic E-state index is 13.5. The van der Waals surface area contributed by atoms with Crippen molar-refractivity contribution in [1.82, 2.24) is 9.88 Å². The molecule has 31 heavy (non-hydrogen) atoms. The second-order valence-corrected chi connectivity index (χ2v) is 8.13. The number of benzene rings is 2. The van der Waals surface area contributed by atoms with E-state index in [4.69, 9.17) is 11.6 Å². The van der Waals surface area contributed by atoms with Crippen LogP contribution < -0.4 is 9.80 Å². The van der Waals surface area contributed by atoms with E-state index in [1.54, 1.807) is 47.5 Å². The Hall–Kier alpha value is -2.96. The summed E-state index contributed by atoms with van der Waals surface area (Å²) >= 11 is 6.08. The van der Waals surface area contributed by atoms with E-state index in [0.717, 1.165) is 37.6 Å². The first kappa shape index (κ1) is 21.3. The highest BCUT2D eigenvalue weighted by Crippen LogP contribution is 2.23. The summed E-state index contributed by atoms with van der Waals surface area (Å²) in [6.07, 6.45) is 1.80. The molecule has 1 saturated heterocycles. The number of nitrogens with zero attached hydrogens (tertiary/aromatic N) is 4. The Kier molecular flexibility index (Phi) is 6.49. The number of pyridine rings is 1. The van der Waals surface area contributed by atoms with Crippen LogP contribution in [0.2, 0.25) is 5.02 Å². The Morgan fingerprint density at radius 2 is 1.81 bits per heavy atom. The summed E-state index contributed by atoms with van der Waals surface area (Å²) in [6, 6.07) is 16.7. The summed E-state index contributed by atoms with van der Waals surface area (Å²) in [7, 11) is 2.12. The Bertz CT molecular complexity index is 1030. The standard InChI is InChI=1S/C24H24ClFN4O/c1-28-11-13-29(14-12-28)23-10-5-18(16-27-23)17-30(22-8-6-21(26)7-9-22)24(31)19-3-2-4-20(25)15-19/h2-10,15-16H,11-14,17H2,1H3. The predicted octanol–water partition coefficient (Wildman–Crippen LogP) is 4.47. The minimum atomic E-state index is -0.350. The zero-order valence-electron chi connectivity index (χ0n) is 17.3. The van der Waals surface area contributed by atoms with Crippen LogP contribution in [-0.2, 0) is 6.54 Å². The van der Waals surface area contributed by atoms with Crippen LogP contribution in [0.5, 0.6) is 0 Å². The molecule has 5 nitrogen and oxygen atoms in total. The highest BCUT2D eigenvalue weighted by atomic mass is 35.5. The van der Waals surface area contributed by atoms with Crippen molar-refractivity contribution in [3.63, 3.8) is 0 Å². The molecule has 1 amide bonds. The molecule has 0 unspecified atom stereocenters. The molecule has 0 radical (unpaired) electrons. The van der Waals surface area contributed by atoms with Crippen molar-refractivity contribution in [2.45, 2.75) is 6.54 Å². The summed E-state index contributed by atoms with van der Waals surface area (Å²) in [4.78, 5) is 24.1. The molecule has 3 aromatic rings. The molecule has 7 heteroatoms. The number of hydrogen-bond acceptors (Lipinski definition) is 4. The number of piperazine rings is 1. The van der Waals surface area contributed by atoms with Gasteiger partial charge in [0.25, 0.3) is 5.91 Å². The van der Waals surface area contributed by atoms with Crippen LogP contribution in [0.4, 0.5) is 15.9 Å². The molecule has 2 heterocycles. The molecule has 1 aliphatic rings. The van der Waals surface area contributed by atoms with Gasteiger partial charge < -0.3 is 14.7 Å². The van der Waals surface area contributed by atoms with Gasteiger partial charge in [-0.15, -0.1) is 0 Å². The van der Waals surface area contributed by atoms with Crippen molar-refractivity contribution in [1.29, 1.82) is 0 Å². The number of anilines is 2. The number of carbonyl (C=O) groups is 1. The van der Waals surface area contributed by atoms with Crippen molar-refractivity contribution in [3.8, 4) is 0 Å². The number of carbonyl (C=O) groups excluding carboxylic acids is 1. The summed E-state index contributed by atoms with van der Waals surface area (Å²) in [5.74, 6) is 0.376. The summed E-state index contributed by atoms with van der Waals surface area (Å²) in [5, 5.41) is 0.489. The number of amides is 1. The molecular formula is C24H24ClFN4O. The first-order valence-electron chi connectivity index (χ1n) is 10.2. The lowest BCUT2D eigenvalue weighted by Crippen LogP contribution is -2.44. The quantitative estimate of drug-likeness (QED) is 0.589. The largest absolute Gasteiger partial charge is 0.354 e. The van der Waals surface area contributed by atoms with Gasteiger partial charge in [-0.1, -0.05) is 23.7 Å². The number of hydrogen-bond donors (Lipinski definition) is 0. The number of aromatic nitrogens is 1. The van der Waals surface area contributed by atoms with Crippen molar-refractivity contribution in [3.05, 3.63) is 88.8 Å². The fourth-order valence-corrected chi connectivity index (χ4v) is 3.78. The van der Waals surface area contributed by atoms with Gasteiger partial charge in [0, 0.05) is 48.6 Å². The summed E-state index contributed by atoms with van der Waals surface area (Å²) in [6.45, 7) is 4.22. The highest BCUT2D eigenvalue weighted by molar-refractivity contribution is 6.31. The SMILES string of the molecule is CN1CCN(c2ccc(CN(C(=O)c3cccc(Cl)c3)c3ccc(F)cc3)cn2)CC1. The van der Waals surface area contributed by atoms with Gasteiger partial charge in [-0.05, 0) is 61.1 Å². The van der Waals surface area contributed by atoms with Gasteiger partial charge in [-0.3, -0.25) is 4.79 Å². The molecular weight excluding hydrogens is 415 g/mol.